The van der Waals surface area contributed by atoms with Crippen molar-refractivity contribution in [1.29, 1.82) is 0 Å². The van der Waals surface area contributed by atoms with E-state index in [9.17, 15) is 0 Å². The number of aromatic nitrogens is 10. The number of nitrogens with one attached hydrogen (secondary N) is 5. The number of aromatic amines is 5. The zero-order chi connectivity index (χ0) is 17.7. The maximum Gasteiger partial charge on any atom is 0.0919 e. The molecular formula is C15H20N10. The standard InChI is InChI=1S/5C3H4N2/c5*1-2-5-3-4-1/h5*1-3H,(H,4,5). The summed E-state index contributed by atoms with van der Waals surface area (Å²) in [5, 5.41) is 0. The molecule has 25 heavy (non-hydrogen) atoms. The Hall–Kier alpha value is -3.95. The highest BCUT2D eigenvalue weighted by atomic mass is 14.8. The lowest BCUT2D eigenvalue weighted by molar-refractivity contribution is 1.31. The fraction of sp³-hybridized carbons (Fsp3) is 0. The summed E-state index contributed by atoms with van der Waals surface area (Å²) in [6.45, 7) is 0. The van der Waals surface area contributed by atoms with E-state index in [4.69, 9.17) is 0 Å². The predicted molar refractivity (Wildman–Crippen MR) is 92.9 cm³/mol. The van der Waals surface area contributed by atoms with Crippen LogP contribution in [0.5, 0.6) is 0 Å². The highest BCUT2D eigenvalue weighted by molar-refractivity contribution is 4.66. The third kappa shape index (κ3) is 14.7. The van der Waals surface area contributed by atoms with Crippen molar-refractivity contribution in [2.24, 2.45) is 0 Å². The minimum absolute atomic E-state index is 1.62. The van der Waals surface area contributed by atoms with Crippen LogP contribution in [0.3, 0.4) is 0 Å². The van der Waals surface area contributed by atoms with Gasteiger partial charge >= 0.3 is 0 Å². The van der Waals surface area contributed by atoms with Crippen LogP contribution in [0.1, 0.15) is 0 Å². The fourth-order valence-electron chi connectivity index (χ4n) is 1.08. The molecule has 0 aliphatic carbocycles. The second kappa shape index (κ2) is 16.4. The summed E-state index contributed by atoms with van der Waals surface area (Å²) in [6, 6.07) is 0. The van der Waals surface area contributed by atoms with E-state index in [1.165, 1.54) is 0 Å². The summed E-state index contributed by atoms with van der Waals surface area (Å²) in [4.78, 5) is 32.1. The summed E-state index contributed by atoms with van der Waals surface area (Å²) >= 11 is 0. The van der Waals surface area contributed by atoms with E-state index in [0.29, 0.717) is 0 Å². The van der Waals surface area contributed by atoms with Crippen molar-refractivity contribution in [2.75, 3.05) is 0 Å². The predicted octanol–water partition coefficient (Wildman–Crippen LogP) is 2.05. The maximum atomic E-state index is 3.67. The average Bonchev–Trinajstić information content (AvgIpc) is 3.55. The first-order valence-corrected chi connectivity index (χ1v) is 7.14. The molecule has 10 heteroatoms. The summed E-state index contributed by atoms with van der Waals surface area (Å²) in [6.07, 6.45) is 25.4. The lowest BCUT2D eigenvalue weighted by atomic mass is 11.0. The number of rotatable bonds is 0. The molecule has 0 aliphatic heterocycles. The van der Waals surface area contributed by atoms with Crippen LogP contribution in [0.25, 0.3) is 0 Å². The van der Waals surface area contributed by atoms with Crippen LogP contribution in [0.15, 0.2) is 93.6 Å². The monoisotopic (exact) mass is 340 g/mol. The molecule has 0 saturated heterocycles. The smallest absolute Gasteiger partial charge is 0.0919 e. The van der Waals surface area contributed by atoms with Gasteiger partial charge in [0, 0.05) is 62.0 Å². The van der Waals surface area contributed by atoms with Crippen molar-refractivity contribution in [3.8, 4) is 0 Å². The third-order valence-electron chi connectivity index (χ3n) is 2.03. The second-order valence-corrected chi connectivity index (χ2v) is 3.80. The van der Waals surface area contributed by atoms with E-state index >= 15 is 0 Å². The molecule has 0 bridgehead atoms. The Morgan fingerprint density at radius 1 is 0.320 bits per heavy atom. The molecule has 0 saturated carbocycles. The molecule has 0 spiro atoms. The molecule has 5 rings (SSSR count). The first kappa shape index (κ1) is 19.1. The Balaban J connectivity index is 0.000000156. The highest BCUT2D eigenvalue weighted by Gasteiger charge is 1.58. The molecular weight excluding hydrogens is 320 g/mol. The van der Waals surface area contributed by atoms with Gasteiger partial charge in [0.15, 0.2) is 0 Å². The van der Waals surface area contributed by atoms with Gasteiger partial charge in [-0.25, -0.2) is 24.9 Å². The molecule has 0 radical (unpaired) electrons. The van der Waals surface area contributed by atoms with Crippen LogP contribution in [0.4, 0.5) is 0 Å². The van der Waals surface area contributed by atoms with Gasteiger partial charge in [-0.15, -0.1) is 0 Å². The molecule has 5 aromatic rings. The Morgan fingerprint density at radius 3 is 0.560 bits per heavy atom. The minimum atomic E-state index is 1.62. The molecule has 5 heterocycles. The van der Waals surface area contributed by atoms with Gasteiger partial charge in [0.05, 0.1) is 31.6 Å². The Labute approximate surface area is 144 Å². The molecule has 0 unspecified atom stereocenters. The van der Waals surface area contributed by atoms with Crippen molar-refractivity contribution >= 4 is 0 Å². The topological polar surface area (TPSA) is 143 Å². The van der Waals surface area contributed by atoms with Crippen LogP contribution in [-0.2, 0) is 0 Å². The van der Waals surface area contributed by atoms with Gasteiger partial charge < -0.3 is 24.9 Å². The maximum absolute atomic E-state index is 3.67. The Bertz CT molecular complexity index is 459. The Morgan fingerprint density at radius 2 is 0.520 bits per heavy atom. The van der Waals surface area contributed by atoms with E-state index in [-0.39, 0.29) is 0 Å². The number of nitrogens with zero attached hydrogens (tertiary/aromatic N) is 5. The van der Waals surface area contributed by atoms with Gasteiger partial charge in [0.1, 0.15) is 0 Å². The molecule has 5 aromatic heterocycles. The largest absolute Gasteiger partial charge is 0.351 e. The quantitative estimate of drug-likeness (QED) is 0.293. The van der Waals surface area contributed by atoms with E-state index in [0.717, 1.165) is 0 Å². The van der Waals surface area contributed by atoms with Crippen LogP contribution in [0, 0.1) is 0 Å². The van der Waals surface area contributed by atoms with Crippen molar-refractivity contribution in [3.63, 3.8) is 0 Å². The highest BCUT2D eigenvalue weighted by Crippen LogP contribution is 1.64. The van der Waals surface area contributed by atoms with Gasteiger partial charge in [-0.2, -0.15) is 0 Å². The van der Waals surface area contributed by atoms with Crippen molar-refractivity contribution in [2.45, 2.75) is 0 Å². The number of imidazole rings is 5. The van der Waals surface area contributed by atoms with Gasteiger partial charge in [-0.3, -0.25) is 0 Å². The summed E-state index contributed by atoms with van der Waals surface area (Å²) in [5.41, 5.74) is 0. The number of hydrogen-bond acceptors (Lipinski definition) is 5. The summed E-state index contributed by atoms with van der Waals surface area (Å²) in [7, 11) is 0. The molecule has 0 aliphatic rings. The summed E-state index contributed by atoms with van der Waals surface area (Å²) in [5.74, 6) is 0. The lowest BCUT2D eigenvalue weighted by Crippen LogP contribution is -1.44. The van der Waals surface area contributed by atoms with Gasteiger partial charge in [-0.05, 0) is 0 Å². The minimum Gasteiger partial charge on any atom is -0.351 e. The SMILES string of the molecule is c1c[nH]cn1.c1c[nH]cn1.c1c[nH]cn1.c1c[nH]cn1.c1c[nH]cn1. The lowest BCUT2D eigenvalue weighted by Gasteiger charge is -1.46. The van der Waals surface area contributed by atoms with Gasteiger partial charge in [0.25, 0.3) is 0 Å². The summed E-state index contributed by atoms with van der Waals surface area (Å²) < 4.78 is 0. The first-order chi connectivity index (χ1) is 12.5. The molecule has 0 fully saturated rings. The van der Waals surface area contributed by atoms with Crippen molar-refractivity contribution < 1.29 is 0 Å². The molecule has 5 N–H and O–H groups in total. The van der Waals surface area contributed by atoms with E-state index < -0.39 is 0 Å². The van der Waals surface area contributed by atoms with Crippen molar-refractivity contribution in [1.82, 2.24) is 49.8 Å². The van der Waals surface area contributed by atoms with E-state index in [1.807, 2.05) is 0 Å². The average molecular weight is 340 g/mol. The third-order valence-corrected chi connectivity index (χ3v) is 2.03. The zero-order valence-corrected chi connectivity index (χ0v) is 13.4. The van der Waals surface area contributed by atoms with Crippen molar-refractivity contribution in [3.05, 3.63) is 93.6 Å². The van der Waals surface area contributed by atoms with E-state index in [2.05, 4.69) is 49.8 Å². The van der Waals surface area contributed by atoms with Crippen LogP contribution < -0.4 is 0 Å². The second-order valence-electron chi connectivity index (χ2n) is 3.80. The van der Waals surface area contributed by atoms with Gasteiger partial charge in [0.2, 0.25) is 0 Å². The molecule has 0 atom stereocenters. The normalized spacial score (nSPS) is 8.00. The van der Waals surface area contributed by atoms with Gasteiger partial charge in [-0.1, -0.05) is 0 Å². The van der Waals surface area contributed by atoms with Crippen LogP contribution in [0.2, 0.25) is 0 Å². The molecule has 0 amide bonds. The fourth-order valence-corrected chi connectivity index (χ4v) is 1.08. The van der Waals surface area contributed by atoms with E-state index in [1.54, 1.807) is 93.6 Å². The number of hydrogen-bond donors (Lipinski definition) is 5. The zero-order valence-electron chi connectivity index (χ0n) is 13.4. The van der Waals surface area contributed by atoms with Crippen LogP contribution in [-0.4, -0.2) is 49.8 Å². The molecule has 0 aromatic carbocycles. The number of H-pyrrole nitrogens is 5. The van der Waals surface area contributed by atoms with Crippen LogP contribution >= 0.6 is 0 Å². The first-order valence-electron chi connectivity index (χ1n) is 7.14. The molecule has 10 nitrogen and oxygen atoms in total. The molecule has 130 valence electrons. The Kier molecular flexibility index (Phi) is 12.5.